The second kappa shape index (κ2) is 7.56. The van der Waals surface area contributed by atoms with Gasteiger partial charge in [0.25, 0.3) is 0 Å². The fraction of sp³-hybridized carbons (Fsp3) is 0.333. The maximum Gasteiger partial charge on any atom is 0.227 e. The lowest BCUT2D eigenvalue weighted by Crippen LogP contribution is -2.28. The molecule has 112 valence electrons. The number of amides is 1. The fourth-order valence-corrected chi connectivity index (χ4v) is 2.02. The lowest BCUT2D eigenvalue weighted by atomic mass is 10.1. The molecule has 0 saturated carbocycles. The van der Waals surface area contributed by atoms with Crippen LogP contribution in [0.15, 0.2) is 42.7 Å². The molecule has 6 heteroatoms. The monoisotopic (exact) mass is 288 g/mol. The number of carbonyl (C=O) groups excluding carboxylic acids is 1. The first-order chi connectivity index (χ1) is 10.2. The minimum absolute atomic E-state index is 0.111. The van der Waals surface area contributed by atoms with Gasteiger partial charge in [-0.25, -0.2) is 0 Å². The number of para-hydroxylation sites is 1. The van der Waals surface area contributed by atoms with Crippen LogP contribution in [0, 0.1) is 0 Å². The highest BCUT2D eigenvalue weighted by Crippen LogP contribution is 2.16. The second-order valence-electron chi connectivity index (χ2n) is 4.71. The molecule has 1 heterocycles. The van der Waals surface area contributed by atoms with Gasteiger partial charge in [0, 0.05) is 31.7 Å². The van der Waals surface area contributed by atoms with Gasteiger partial charge in [-0.2, -0.15) is 5.10 Å². The number of carbonyl (C=O) groups is 1. The summed E-state index contributed by atoms with van der Waals surface area (Å²) in [5, 5.41) is 7.08. The molecule has 0 aliphatic heterocycles. The summed E-state index contributed by atoms with van der Waals surface area (Å²) in [6.45, 7) is 0.924. The lowest BCUT2D eigenvalue weighted by Gasteiger charge is -2.14. The van der Waals surface area contributed by atoms with E-state index in [1.165, 1.54) is 0 Å². The fourth-order valence-electron chi connectivity index (χ4n) is 2.02. The standard InChI is InChI=1S/C15H20N4O2/c1-21-13(10-16)9-15(20)18-14-6-3-2-5-12(14)11-19-8-4-7-17-19/h2-8,13H,9-11,16H2,1H3,(H,18,20). The molecule has 6 nitrogen and oxygen atoms in total. The number of anilines is 1. The highest BCUT2D eigenvalue weighted by molar-refractivity contribution is 5.91. The average Bonchev–Trinajstić information content (AvgIpc) is 3.00. The summed E-state index contributed by atoms with van der Waals surface area (Å²) in [4.78, 5) is 12.0. The van der Waals surface area contributed by atoms with Crippen LogP contribution in [0.2, 0.25) is 0 Å². The van der Waals surface area contributed by atoms with Gasteiger partial charge in [-0.3, -0.25) is 9.48 Å². The first-order valence-electron chi connectivity index (χ1n) is 6.81. The maximum atomic E-state index is 12.0. The Morgan fingerprint density at radius 3 is 2.90 bits per heavy atom. The molecule has 1 unspecified atom stereocenters. The van der Waals surface area contributed by atoms with E-state index in [1.807, 2.05) is 41.2 Å². The normalized spacial score (nSPS) is 12.1. The molecule has 0 bridgehead atoms. The summed E-state index contributed by atoms with van der Waals surface area (Å²) in [6.07, 6.45) is 3.59. The SMILES string of the molecule is COC(CN)CC(=O)Nc1ccccc1Cn1cccn1. The number of aromatic nitrogens is 2. The van der Waals surface area contributed by atoms with Crippen molar-refractivity contribution in [3.8, 4) is 0 Å². The van der Waals surface area contributed by atoms with Crippen molar-refractivity contribution in [1.82, 2.24) is 9.78 Å². The van der Waals surface area contributed by atoms with Crippen molar-refractivity contribution < 1.29 is 9.53 Å². The van der Waals surface area contributed by atoms with E-state index < -0.39 is 0 Å². The van der Waals surface area contributed by atoms with Gasteiger partial charge in [0.1, 0.15) is 0 Å². The summed E-state index contributed by atoms with van der Waals surface area (Å²) in [5.41, 5.74) is 7.31. The second-order valence-corrected chi connectivity index (χ2v) is 4.71. The minimum atomic E-state index is -0.261. The van der Waals surface area contributed by atoms with Crippen LogP contribution in [-0.2, 0) is 16.1 Å². The molecule has 0 aliphatic rings. The van der Waals surface area contributed by atoms with Gasteiger partial charge < -0.3 is 15.8 Å². The minimum Gasteiger partial charge on any atom is -0.380 e. The molecule has 1 aromatic heterocycles. The van der Waals surface area contributed by atoms with Crippen LogP contribution in [0.1, 0.15) is 12.0 Å². The number of nitrogens with one attached hydrogen (secondary N) is 1. The van der Waals surface area contributed by atoms with Crippen LogP contribution in [0.3, 0.4) is 0 Å². The molecule has 0 saturated heterocycles. The quantitative estimate of drug-likeness (QED) is 0.803. The molecule has 21 heavy (non-hydrogen) atoms. The van der Waals surface area contributed by atoms with Crippen LogP contribution in [-0.4, -0.2) is 35.4 Å². The Morgan fingerprint density at radius 2 is 2.24 bits per heavy atom. The Bertz CT molecular complexity index is 565. The largest absolute Gasteiger partial charge is 0.380 e. The van der Waals surface area contributed by atoms with Gasteiger partial charge in [-0.1, -0.05) is 18.2 Å². The van der Waals surface area contributed by atoms with E-state index in [4.69, 9.17) is 10.5 Å². The molecule has 1 amide bonds. The molecule has 3 N–H and O–H groups in total. The predicted molar refractivity (Wildman–Crippen MR) is 80.9 cm³/mol. The van der Waals surface area contributed by atoms with Gasteiger partial charge >= 0.3 is 0 Å². The summed E-state index contributed by atoms with van der Waals surface area (Å²) in [7, 11) is 1.55. The molecule has 0 spiro atoms. The van der Waals surface area contributed by atoms with Crippen LogP contribution in [0.5, 0.6) is 0 Å². The highest BCUT2D eigenvalue weighted by Gasteiger charge is 2.13. The van der Waals surface area contributed by atoms with E-state index in [0.717, 1.165) is 11.3 Å². The van der Waals surface area contributed by atoms with Crippen molar-refractivity contribution in [2.24, 2.45) is 5.73 Å². The molecule has 1 aromatic carbocycles. The number of hydrogen-bond acceptors (Lipinski definition) is 4. The number of methoxy groups -OCH3 is 1. The predicted octanol–water partition coefficient (Wildman–Crippen LogP) is 1.23. The Labute approximate surface area is 123 Å². The van der Waals surface area contributed by atoms with Crippen LogP contribution in [0.4, 0.5) is 5.69 Å². The van der Waals surface area contributed by atoms with Crippen molar-refractivity contribution >= 4 is 11.6 Å². The lowest BCUT2D eigenvalue weighted by molar-refractivity contribution is -0.118. The van der Waals surface area contributed by atoms with Crippen LogP contribution < -0.4 is 11.1 Å². The van der Waals surface area contributed by atoms with E-state index in [0.29, 0.717) is 13.1 Å². The van der Waals surface area contributed by atoms with E-state index >= 15 is 0 Å². The molecule has 1 atom stereocenters. The summed E-state index contributed by atoms with van der Waals surface area (Å²) in [5.74, 6) is -0.111. The van der Waals surface area contributed by atoms with Crippen molar-refractivity contribution in [2.45, 2.75) is 19.1 Å². The van der Waals surface area contributed by atoms with Gasteiger partial charge in [0.05, 0.1) is 19.1 Å². The third-order valence-electron chi connectivity index (χ3n) is 3.19. The molecular formula is C15H20N4O2. The van der Waals surface area contributed by atoms with Crippen molar-refractivity contribution in [3.63, 3.8) is 0 Å². The Balaban J connectivity index is 2.04. The third-order valence-corrected chi connectivity index (χ3v) is 3.19. The number of benzene rings is 1. The number of ether oxygens (including phenoxy) is 1. The summed E-state index contributed by atoms with van der Waals surface area (Å²) in [6, 6.07) is 9.53. The zero-order chi connectivity index (χ0) is 15.1. The zero-order valence-electron chi connectivity index (χ0n) is 12.0. The number of nitrogens with two attached hydrogens (primary N) is 1. The molecule has 0 fully saturated rings. The molecule has 0 radical (unpaired) electrons. The van der Waals surface area contributed by atoms with Crippen LogP contribution >= 0.6 is 0 Å². The average molecular weight is 288 g/mol. The van der Waals surface area contributed by atoms with Crippen molar-refractivity contribution in [2.75, 3.05) is 19.0 Å². The summed E-state index contributed by atoms with van der Waals surface area (Å²) >= 11 is 0. The van der Waals surface area contributed by atoms with Gasteiger partial charge in [0.2, 0.25) is 5.91 Å². The van der Waals surface area contributed by atoms with Crippen molar-refractivity contribution in [3.05, 3.63) is 48.3 Å². The number of nitrogens with zero attached hydrogens (tertiary/aromatic N) is 2. The van der Waals surface area contributed by atoms with Gasteiger partial charge in [-0.05, 0) is 17.7 Å². The number of rotatable bonds is 7. The van der Waals surface area contributed by atoms with E-state index in [9.17, 15) is 4.79 Å². The Hall–Kier alpha value is -2.18. The van der Waals surface area contributed by atoms with E-state index in [2.05, 4.69) is 10.4 Å². The number of hydrogen-bond donors (Lipinski definition) is 2. The van der Waals surface area contributed by atoms with Crippen LogP contribution in [0.25, 0.3) is 0 Å². The first-order valence-corrected chi connectivity index (χ1v) is 6.81. The Morgan fingerprint density at radius 1 is 1.43 bits per heavy atom. The summed E-state index contributed by atoms with van der Waals surface area (Å²) < 4.78 is 6.93. The molecule has 2 rings (SSSR count). The van der Waals surface area contributed by atoms with Gasteiger partial charge in [-0.15, -0.1) is 0 Å². The zero-order valence-corrected chi connectivity index (χ0v) is 12.0. The van der Waals surface area contributed by atoms with Gasteiger partial charge in [0.15, 0.2) is 0 Å². The van der Waals surface area contributed by atoms with Crippen molar-refractivity contribution in [1.29, 1.82) is 0 Å². The maximum absolute atomic E-state index is 12.0. The molecule has 2 aromatic rings. The third kappa shape index (κ3) is 4.40. The Kier molecular flexibility index (Phi) is 5.48. The molecular weight excluding hydrogens is 268 g/mol. The molecule has 0 aliphatic carbocycles. The topological polar surface area (TPSA) is 82.2 Å². The van der Waals surface area contributed by atoms with E-state index in [1.54, 1.807) is 13.3 Å². The van der Waals surface area contributed by atoms with E-state index in [-0.39, 0.29) is 18.4 Å². The first kappa shape index (κ1) is 15.2. The smallest absolute Gasteiger partial charge is 0.227 e. The highest BCUT2D eigenvalue weighted by atomic mass is 16.5.